The lowest BCUT2D eigenvalue weighted by molar-refractivity contribution is -0.390. The molecule has 0 atom stereocenters. The van der Waals surface area contributed by atoms with Gasteiger partial charge in [-0.15, -0.1) is 0 Å². The monoisotopic (exact) mass is 226 g/mol. The van der Waals surface area contributed by atoms with Gasteiger partial charge in [0.1, 0.15) is 0 Å². The van der Waals surface area contributed by atoms with Crippen molar-refractivity contribution in [3.8, 4) is 0 Å². The molecule has 0 amide bonds. The van der Waals surface area contributed by atoms with Crippen LogP contribution in [0.1, 0.15) is 0 Å². The first-order valence-corrected chi connectivity index (χ1v) is 3.50. The van der Waals surface area contributed by atoms with E-state index in [0.29, 0.717) is 0 Å². The highest BCUT2D eigenvalue weighted by Crippen LogP contribution is 2.49. The minimum atomic E-state index is -5.37. The lowest BCUT2D eigenvalue weighted by Gasteiger charge is -2.32. The van der Waals surface area contributed by atoms with E-state index in [4.69, 9.17) is 0 Å². The molecule has 0 N–H and O–H groups in total. The van der Waals surface area contributed by atoms with Gasteiger partial charge in [0.2, 0.25) is 0 Å². The third kappa shape index (κ3) is 1.60. The van der Waals surface area contributed by atoms with Gasteiger partial charge in [-0.2, -0.15) is 22.0 Å². The molecule has 1 heterocycles. The van der Waals surface area contributed by atoms with Crippen molar-refractivity contribution in [1.29, 1.82) is 0 Å². The molecule has 0 unspecified atom stereocenters. The molecule has 0 saturated carbocycles. The summed E-state index contributed by atoms with van der Waals surface area (Å²) >= 11 is 4.28. The molecule has 1 aliphatic rings. The molecule has 0 aromatic rings. The molecule has 0 aromatic carbocycles. The Morgan fingerprint density at radius 3 is 1.54 bits per heavy atom. The van der Waals surface area contributed by atoms with Crippen molar-refractivity contribution in [2.45, 2.75) is 17.3 Å². The number of hydrogen-bond donors (Lipinski definition) is 0. The molecule has 8 heteroatoms. The minimum Gasteiger partial charge on any atom is -0.334 e. The smallest absolute Gasteiger partial charge is 0.334 e. The van der Waals surface area contributed by atoms with Crippen LogP contribution in [-0.4, -0.2) is 30.6 Å². The summed E-state index contributed by atoms with van der Waals surface area (Å²) in [7, 11) is 0. The normalized spacial score (nSPS) is 23.5. The van der Waals surface area contributed by atoms with Gasteiger partial charge < -0.3 is 9.47 Å². The van der Waals surface area contributed by atoms with Crippen molar-refractivity contribution in [2.75, 3.05) is 13.2 Å². The zero-order valence-corrected chi connectivity index (χ0v) is 6.75. The molecule has 0 aliphatic carbocycles. The van der Waals surface area contributed by atoms with Gasteiger partial charge in [-0.05, 0) is 11.6 Å². The van der Waals surface area contributed by atoms with E-state index >= 15 is 0 Å². The fourth-order valence-corrected chi connectivity index (χ4v) is 1.12. The second kappa shape index (κ2) is 2.93. The fraction of sp³-hybridized carbons (Fsp3) is 1.00. The maximum absolute atomic E-state index is 12.4. The third-order valence-electron chi connectivity index (χ3n) is 1.44. The predicted molar refractivity (Wildman–Crippen MR) is 31.5 cm³/mol. The van der Waals surface area contributed by atoms with Gasteiger partial charge in [0.25, 0.3) is 0 Å². The third-order valence-corrected chi connectivity index (χ3v) is 1.69. The maximum Gasteiger partial charge on any atom is 0.451 e. The van der Waals surface area contributed by atoms with E-state index in [-0.39, 0.29) is 0 Å². The van der Waals surface area contributed by atoms with E-state index in [2.05, 4.69) is 21.1 Å². The Kier molecular flexibility index (Phi) is 2.46. The topological polar surface area (TPSA) is 18.5 Å². The van der Waals surface area contributed by atoms with E-state index in [1.54, 1.807) is 0 Å². The van der Waals surface area contributed by atoms with Crippen LogP contribution in [0.2, 0.25) is 0 Å². The number of alkyl halides is 6. The lowest BCUT2D eigenvalue weighted by atomic mass is 10.3. The Bertz CT molecular complexity index is 176. The van der Waals surface area contributed by atoms with Gasteiger partial charge >= 0.3 is 17.3 Å². The molecule has 0 aromatic heterocycles. The summed E-state index contributed by atoms with van der Waals surface area (Å²) in [6.45, 7) is -1.14. The van der Waals surface area contributed by atoms with E-state index in [1.165, 1.54) is 0 Å². The van der Waals surface area contributed by atoms with Gasteiger partial charge in [-0.25, -0.2) is 0 Å². The first-order chi connectivity index (χ1) is 5.71. The maximum atomic E-state index is 12.4. The average Bonchev–Trinajstić information content (AvgIpc) is 2.28. The van der Waals surface area contributed by atoms with Gasteiger partial charge in [0.05, 0.1) is 13.2 Å². The van der Waals surface area contributed by atoms with Crippen LogP contribution in [0, 0.1) is 0 Å². The van der Waals surface area contributed by atoms with Crippen LogP contribution in [-0.2, 0) is 9.47 Å². The largest absolute Gasteiger partial charge is 0.451 e. The highest BCUT2D eigenvalue weighted by molar-refractivity contribution is 6.22. The molecular weight excluding hydrogens is 222 g/mol. The summed E-state index contributed by atoms with van der Waals surface area (Å²) in [6, 6.07) is 0. The summed E-state index contributed by atoms with van der Waals surface area (Å²) in [5, 5.41) is -4.64. The standard InChI is InChI=1S/C5H4ClF5O2/c6-4(7,8)3(5(9,10)11)12-1-2-13-3/h1-2H2. The summed E-state index contributed by atoms with van der Waals surface area (Å²) in [5.74, 6) is -4.00. The van der Waals surface area contributed by atoms with Crippen molar-refractivity contribution in [3.63, 3.8) is 0 Å². The SMILES string of the molecule is FC(F)(F)C1(C(F)(F)Cl)OCCO1. The Morgan fingerprint density at radius 1 is 1.00 bits per heavy atom. The minimum absolute atomic E-state index is 0.568. The van der Waals surface area contributed by atoms with Crippen molar-refractivity contribution in [1.82, 2.24) is 0 Å². The second-order valence-electron chi connectivity index (χ2n) is 2.31. The molecular formula is C5H4ClF5O2. The number of halogens is 6. The Hall–Kier alpha value is -0.140. The number of hydrogen-bond acceptors (Lipinski definition) is 2. The van der Waals surface area contributed by atoms with Crippen molar-refractivity contribution >= 4 is 11.6 Å². The van der Waals surface area contributed by atoms with E-state index in [1.807, 2.05) is 0 Å². The molecule has 78 valence electrons. The van der Waals surface area contributed by atoms with Crippen molar-refractivity contribution < 1.29 is 31.4 Å². The highest BCUT2D eigenvalue weighted by Gasteiger charge is 2.74. The van der Waals surface area contributed by atoms with E-state index < -0.39 is 30.6 Å². The average molecular weight is 227 g/mol. The zero-order valence-electron chi connectivity index (χ0n) is 6.00. The van der Waals surface area contributed by atoms with Crippen LogP contribution in [0.25, 0.3) is 0 Å². The lowest BCUT2D eigenvalue weighted by Crippen LogP contribution is -2.57. The summed E-state index contributed by atoms with van der Waals surface area (Å²) in [5.41, 5.74) is 0. The summed E-state index contributed by atoms with van der Waals surface area (Å²) in [4.78, 5) is 0. The first-order valence-electron chi connectivity index (χ1n) is 3.12. The molecule has 0 radical (unpaired) electrons. The Morgan fingerprint density at radius 2 is 1.38 bits per heavy atom. The van der Waals surface area contributed by atoms with E-state index in [0.717, 1.165) is 0 Å². The van der Waals surface area contributed by atoms with Gasteiger partial charge in [0.15, 0.2) is 0 Å². The number of ether oxygens (including phenoxy) is 2. The van der Waals surface area contributed by atoms with Crippen LogP contribution in [0.4, 0.5) is 22.0 Å². The molecule has 1 saturated heterocycles. The van der Waals surface area contributed by atoms with Crippen molar-refractivity contribution in [3.05, 3.63) is 0 Å². The van der Waals surface area contributed by atoms with Crippen LogP contribution in [0.15, 0.2) is 0 Å². The quantitative estimate of drug-likeness (QED) is 0.504. The second-order valence-corrected chi connectivity index (χ2v) is 2.78. The van der Waals surface area contributed by atoms with Crippen LogP contribution < -0.4 is 0 Å². The first kappa shape index (κ1) is 10.9. The fourth-order valence-electron chi connectivity index (χ4n) is 0.900. The number of rotatable bonds is 1. The van der Waals surface area contributed by atoms with Gasteiger partial charge in [-0.1, -0.05) is 0 Å². The highest BCUT2D eigenvalue weighted by atomic mass is 35.5. The molecule has 1 aliphatic heterocycles. The molecule has 1 fully saturated rings. The summed E-state index contributed by atoms with van der Waals surface area (Å²) in [6.07, 6.45) is -5.37. The van der Waals surface area contributed by atoms with Crippen LogP contribution >= 0.6 is 11.6 Å². The van der Waals surface area contributed by atoms with Gasteiger partial charge in [0, 0.05) is 0 Å². The van der Waals surface area contributed by atoms with Crippen LogP contribution in [0.5, 0.6) is 0 Å². The Balaban J connectivity index is 3.02. The molecule has 2 nitrogen and oxygen atoms in total. The van der Waals surface area contributed by atoms with Crippen LogP contribution in [0.3, 0.4) is 0 Å². The molecule has 0 spiro atoms. The predicted octanol–water partition coefficient (Wildman–Crippen LogP) is 2.12. The van der Waals surface area contributed by atoms with Crippen molar-refractivity contribution in [2.24, 2.45) is 0 Å². The van der Waals surface area contributed by atoms with E-state index in [9.17, 15) is 22.0 Å². The summed E-state index contributed by atoms with van der Waals surface area (Å²) < 4.78 is 68.7. The molecule has 0 bridgehead atoms. The van der Waals surface area contributed by atoms with Gasteiger partial charge in [-0.3, -0.25) is 0 Å². The molecule has 13 heavy (non-hydrogen) atoms. The zero-order chi connectivity index (χ0) is 10.3. The Labute approximate surface area is 74.6 Å². The molecule has 1 rings (SSSR count).